The first-order valence-electron chi connectivity index (χ1n) is 8.11. The summed E-state index contributed by atoms with van der Waals surface area (Å²) >= 11 is 2.98. The van der Waals surface area contributed by atoms with Crippen molar-refractivity contribution in [3.63, 3.8) is 0 Å². The second kappa shape index (κ2) is 7.20. The molecule has 138 valence electrons. The number of fused-ring (bicyclic) bond motifs is 1. The zero-order valence-corrected chi connectivity index (χ0v) is 16.6. The summed E-state index contributed by atoms with van der Waals surface area (Å²) in [6.07, 6.45) is 0.678. The molecule has 0 fully saturated rings. The van der Waals surface area contributed by atoms with Crippen molar-refractivity contribution in [3.05, 3.63) is 32.4 Å². The first-order chi connectivity index (χ1) is 12.3. The van der Waals surface area contributed by atoms with Gasteiger partial charge in [0.05, 0.1) is 10.6 Å². The molecule has 0 radical (unpaired) electrons. The standard InChI is InChI=1S/C16H20N6O2S2/c1-7-8(2)25-15-12(7)14(24)18-13(19-15)9(3)26-16-21-20-11(22(16)4)6-5-10(17)23/h9H,5-6H2,1-4H3,(H2,17,23)(H,18,19,24)/t9-/m1/s1. The van der Waals surface area contributed by atoms with Crippen LogP contribution in [-0.2, 0) is 18.3 Å². The molecule has 0 saturated carbocycles. The Bertz CT molecular complexity index is 1040. The molecule has 1 atom stereocenters. The topological polar surface area (TPSA) is 120 Å². The Labute approximate surface area is 158 Å². The van der Waals surface area contributed by atoms with Gasteiger partial charge < -0.3 is 15.3 Å². The summed E-state index contributed by atoms with van der Waals surface area (Å²) in [5.74, 6) is 0.933. The lowest BCUT2D eigenvalue weighted by molar-refractivity contribution is -0.118. The minimum absolute atomic E-state index is 0.110. The Hall–Kier alpha value is -2.20. The first kappa shape index (κ1) is 18.6. The second-order valence-corrected chi connectivity index (χ2v) is 8.61. The number of rotatable bonds is 6. The third kappa shape index (κ3) is 3.51. The van der Waals surface area contributed by atoms with E-state index in [1.54, 1.807) is 0 Å². The number of aryl methyl sites for hydroxylation is 3. The van der Waals surface area contributed by atoms with E-state index in [0.29, 0.717) is 28.6 Å². The molecular formula is C16H20N6O2S2. The van der Waals surface area contributed by atoms with Gasteiger partial charge in [-0.2, -0.15) is 0 Å². The monoisotopic (exact) mass is 392 g/mol. The van der Waals surface area contributed by atoms with Gasteiger partial charge in [0.1, 0.15) is 16.5 Å². The highest BCUT2D eigenvalue weighted by molar-refractivity contribution is 7.99. The van der Waals surface area contributed by atoms with E-state index in [9.17, 15) is 9.59 Å². The molecule has 3 aromatic heterocycles. The second-order valence-electron chi connectivity index (χ2n) is 6.10. The number of amides is 1. The van der Waals surface area contributed by atoms with Crippen molar-refractivity contribution in [2.45, 2.75) is 44.0 Å². The van der Waals surface area contributed by atoms with E-state index in [1.165, 1.54) is 23.1 Å². The Morgan fingerprint density at radius 1 is 1.38 bits per heavy atom. The molecule has 3 N–H and O–H groups in total. The molecule has 1 amide bonds. The third-order valence-corrected chi connectivity index (χ3v) is 6.49. The van der Waals surface area contributed by atoms with Crippen LogP contribution in [0, 0.1) is 13.8 Å². The number of hydrogen-bond acceptors (Lipinski definition) is 7. The zero-order chi connectivity index (χ0) is 19.0. The summed E-state index contributed by atoms with van der Waals surface area (Å²) in [5, 5.41) is 9.53. The van der Waals surface area contributed by atoms with Gasteiger partial charge in [0, 0.05) is 24.8 Å². The number of primary amides is 1. The van der Waals surface area contributed by atoms with Crippen LogP contribution in [0.2, 0.25) is 0 Å². The van der Waals surface area contributed by atoms with E-state index < -0.39 is 0 Å². The number of thiophene rings is 1. The SMILES string of the molecule is Cc1sc2nc([C@@H](C)Sc3nnc(CCC(N)=O)n3C)[nH]c(=O)c2c1C. The Morgan fingerprint density at radius 2 is 2.12 bits per heavy atom. The molecule has 0 aromatic carbocycles. The van der Waals surface area contributed by atoms with Crippen LogP contribution >= 0.6 is 23.1 Å². The zero-order valence-electron chi connectivity index (χ0n) is 15.0. The first-order valence-corrected chi connectivity index (χ1v) is 9.80. The molecule has 26 heavy (non-hydrogen) atoms. The van der Waals surface area contributed by atoms with E-state index in [1.807, 2.05) is 32.4 Å². The van der Waals surface area contributed by atoms with Crippen LogP contribution in [0.25, 0.3) is 10.2 Å². The predicted molar refractivity (Wildman–Crippen MR) is 103 cm³/mol. The van der Waals surface area contributed by atoms with Gasteiger partial charge >= 0.3 is 0 Å². The summed E-state index contributed by atoms with van der Waals surface area (Å²) < 4.78 is 1.83. The van der Waals surface area contributed by atoms with Gasteiger partial charge in [-0.15, -0.1) is 21.5 Å². The molecule has 3 heterocycles. The largest absolute Gasteiger partial charge is 0.370 e. The number of nitrogens with zero attached hydrogens (tertiary/aromatic N) is 4. The predicted octanol–water partition coefficient (Wildman–Crippen LogP) is 2.00. The van der Waals surface area contributed by atoms with Gasteiger partial charge in [0.15, 0.2) is 5.16 Å². The van der Waals surface area contributed by atoms with E-state index in [-0.39, 0.29) is 23.1 Å². The molecule has 3 aromatic rings. The maximum Gasteiger partial charge on any atom is 0.259 e. The lowest BCUT2D eigenvalue weighted by Gasteiger charge is -2.10. The number of H-pyrrole nitrogens is 1. The minimum atomic E-state index is -0.368. The van der Waals surface area contributed by atoms with Crippen molar-refractivity contribution in [2.75, 3.05) is 0 Å². The van der Waals surface area contributed by atoms with Gasteiger partial charge in [-0.25, -0.2) is 4.98 Å². The van der Waals surface area contributed by atoms with Crippen LogP contribution in [0.3, 0.4) is 0 Å². The maximum atomic E-state index is 12.4. The molecule has 0 aliphatic rings. The van der Waals surface area contributed by atoms with Crippen LogP contribution in [-0.4, -0.2) is 30.6 Å². The van der Waals surface area contributed by atoms with Crippen LogP contribution in [0.15, 0.2) is 9.95 Å². The van der Waals surface area contributed by atoms with Crippen LogP contribution in [0.5, 0.6) is 0 Å². The van der Waals surface area contributed by atoms with Crippen LogP contribution < -0.4 is 11.3 Å². The van der Waals surface area contributed by atoms with Crippen LogP contribution in [0.1, 0.15) is 40.7 Å². The number of carbonyl (C=O) groups excluding carboxylic acids is 1. The molecule has 0 aliphatic carbocycles. The average molecular weight is 393 g/mol. The Kier molecular flexibility index (Phi) is 5.15. The van der Waals surface area contributed by atoms with Crippen molar-refractivity contribution in [1.29, 1.82) is 0 Å². The van der Waals surface area contributed by atoms with E-state index in [2.05, 4.69) is 20.2 Å². The number of nitrogens with one attached hydrogen (secondary N) is 1. The highest BCUT2D eigenvalue weighted by Gasteiger charge is 2.19. The highest BCUT2D eigenvalue weighted by atomic mass is 32.2. The van der Waals surface area contributed by atoms with E-state index >= 15 is 0 Å². The number of carbonyl (C=O) groups is 1. The summed E-state index contributed by atoms with van der Waals surface area (Å²) in [7, 11) is 1.84. The van der Waals surface area contributed by atoms with Crippen molar-refractivity contribution >= 4 is 39.2 Å². The number of aromatic amines is 1. The van der Waals surface area contributed by atoms with E-state index in [0.717, 1.165) is 15.3 Å². The number of hydrogen-bond donors (Lipinski definition) is 2. The fraction of sp³-hybridized carbons (Fsp3) is 0.438. The molecule has 0 unspecified atom stereocenters. The summed E-state index contributed by atoms with van der Waals surface area (Å²) in [5.41, 5.74) is 6.06. The molecule has 0 saturated heterocycles. The Morgan fingerprint density at radius 3 is 2.81 bits per heavy atom. The normalized spacial score (nSPS) is 12.6. The number of aromatic nitrogens is 5. The summed E-state index contributed by atoms with van der Waals surface area (Å²) in [6, 6.07) is 0. The van der Waals surface area contributed by atoms with Crippen molar-refractivity contribution in [3.8, 4) is 0 Å². The molecule has 8 nitrogen and oxygen atoms in total. The van der Waals surface area contributed by atoms with Crippen molar-refractivity contribution in [2.24, 2.45) is 12.8 Å². The third-order valence-electron chi connectivity index (χ3n) is 4.24. The van der Waals surface area contributed by atoms with Crippen molar-refractivity contribution in [1.82, 2.24) is 24.7 Å². The molecule has 10 heteroatoms. The lowest BCUT2D eigenvalue weighted by atomic mass is 10.2. The molecule has 0 spiro atoms. The minimum Gasteiger partial charge on any atom is -0.370 e. The van der Waals surface area contributed by atoms with Crippen molar-refractivity contribution < 1.29 is 4.79 Å². The molecule has 3 rings (SSSR count). The maximum absolute atomic E-state index is 12.4. The summed E-state index contributed by atoms with van der Waals surface area (Å²) in [4.78, 5) is 32.8. The van der Waals surface area contributed by atoms with Gasteiger partial charge in [-0.3, -0.25) is 9.59 Å². The Balaban J connectivity index is 1.84. The summed E-state index contributed by atoms with van der Waals surface area (Å²) in [6.45, 7) is 5.89. The van der Waals surface area contributed by atoms with Gasteiger partial charge in [-0.1, -0.05) is 11.8 Å². The average Bonchev–Trinajstić information content (AvgIpc) is 3.06. The lowest BCUT2D eigenvalue weighted by Crippen LogP contribution is -2.13. The highest BCUT2D eigenvalue weighted by Crippen LogP contribution is 2.33. The molecular weight excluding hydrogens is 372 g/mol. The number of nitrogens with two attached hydrogens (primary N) is 1. The fourth-order valence-electron chi connectivity index (χ4n) is 2.58. The van der Waals surface area contributed by atoms with Gasteiger partial charge in [-0.05, 0) is 26.3 Å². The van der Waals surface area contributed by atoms with Crippen LogP contribution in [0.4, 0.5) is 0 Å². The fourth-order valence-corrected chi connectivity index (χ4v) is 4.51. The smallest absolute Gasteiger partial charge is 0.259 e. The number of thioether (sulfide) groups is 1. The van der Waals surface area contributed by atoms with Gasteiger partial charge in [0.2, 0.25) is 5.91 Å². The van der Waals surface area contributed by atoms with E-state index in [4.69, 9.17) is 5.73 Å². The molecule has 0 bridgehead atoms. The van der Waals surface area contributed by atoms with Gasteiger partial charge in [0.25, 0.3) is 5.56 Å². The molecule has 0 aliphatic heterocycles. The quantitative estimate of drug-likeness (QED) is 0.619.